The van der Waals surface area contributed by atoms with Crippen LogP contribution in [-0.2, 0) is 11.2 Å². The molecular weight excluding hydrogens is 448 g/mol. The molecule has 0 radical (unpaired) electrons. The third-order valence-corrected chi connectivity index (χ3v) is 4.81. The number of aryl methyl sites for hydroxylation is 2. The smallest absolute Gasteiger partial charge is 0.224 e. The van der Waals surface area contributed by atoms with E-state index in [0.29, 0.717) is 24.5 Å². The summed E-state index contributed by atoms with van der Waals surface area (Å²) in [4.78, 5) is 16.4. The number of oxazole rings is 1. The van der Waals surface area contributed by atoms with Gasteiger partial charge in [0, 0.05) is 27.4 Å². The first-order valence-electron chi connectivity index (χ1n) is 7.78. The molecule has 0 bridgehead atoms. The monoisotopic (exact) mass is 462 g/mol. The summed E-state index contributed by atoms with van der Waals surface area (Å²) in [5, 5.41) is 2.88. The quantitative estimate of drug-likeness (QED) is 0.524. The molecule has 0 aliphatic heterocycles. The Balaban J connectivity index is 1.58. The number of amides is 1. The maximum Gasteiger partial charge on any atom is 0.224 e. The Kier molecular flexibility index (Phi) is 5.71. The Morgan fingerprint density at radius 2 is 1.92 bits per heavy atom. The Bertz CT molecular complexity index is 889. The van der Waals surface area contributed by atoms with Crippen LogP contribution in [0.5, 0.6) is 0 Å². The molecule has 0 aliphatic rings. The van der Waals surface area contributed by atoms with Crippen molar-refractivity contribution in [1.82, 2.24) is 4.98 Å². The highest BCUT2D eigenvalue weighted by Crippen LogP contribution is 2.26. The Labute approximate surface area is 162 Å². The molecule has 2 aromatic carbocycles. The van der Waals surface area contributed by atoms with Crippen molar-refractivity contribution < 1.29 is 9.21 Å². The first kappa shape index (κ1) is 17.9. The third kappa shape index (κ3) is 4.80. The predicted octanol–water partition coefficient (Wildman–Crippen LogP) is 5.75. The molecule has 0 fully saturated rings. The van der Waals surface area contributed by atoms with Crippen molar-refractivity contribution in [2.24, 2.45) is 0 Å². The fraction of sp³-hybridized carbons (Fsp3) is 0.158. The molecule has 1 aromatic heterocycles. The Hall–Kier alpha value is -1.92. The summed E-state index contributed by atoms with van der Waals surface area (Å²) in [5.41, 5.74) is 2.91. The number of hydrogen-bond acceptors (Lipinski definition) is 3. The van der Waals surface area contributed by atoms with E-state index in [-0.39, 0.29) is 5.91 Å². The fourth-order valence-corrected chi connectivity index (χ4v) is 3.45. The van der Waals surface area contributed by atoms with Gasteiger partial charge in [0.2, 0.25) is 5.91 Å². The van der Waals surface area contributed by atoms with Gasteiger partial charge < -0.3 is 9.73 Å². The van der Waals surface area contributed by atoms with Gasteiger partial charge >= 0.3 is 0 Å². The van der Waals surface area contributed by atoms with Crippen molar-refractivity contribution in [2.75, 3.05) is 5.32 Å². The summed E-state index contributed by atoms with van der Waals surface area (Å²) in [6.07, 6.45) is 2.45. The predicted molar refractivity (Wildman–Crippen MR) is 105 cm³/mol. The van der Waals surface area contributed by atoms with E-state index in [1.54, 1.807) is 6.20 Å². The van der Waals surface area contributed by atoms with Crippen LogP contribution in [0.2, 0.25) is 0 Å². The molecule has 0 aliphatic carbocycles. The van der Waals surface area contributed by atoms with Crippen LogP contribution in [0, 0.1) is 6.92 Å². The molecule has 4 nitrogen and oxygen atoms in total. The second-order valence-corrected chi connectivity index (χ2v) is 7.43. The summed E-state index contributed by atoms with van der Waals surface area (Å²) in [6, 6.07) is 13.7. The van der Waals surface area contributed by atoms with Gasteiger partial charge in [0.15, 0.2) is 11.7 Å². The summed E-state index contributed by atoms with van der Waals surface area (Å²) in [7, 11) is 0. The van der Waals surface area contributed by atoms with E-state index in [2.05, 4.69) is 42.2 Å². The van der Waals surface area contributed by atoms with Crippen LogP contribution >= 0.6 is 31.9 Å². The van der Waals surface area contributed by atoms with E-state index in [9.17, 15) is 4.79 Å². The fourth-order valence-electron chi connectivity index (χ4n) is 2.30. The lowest BCUT2D eigenvalue weighted by molar-refractivity contribution is -0.116. The lowest BCUT2D eigenvalue weighted by Crippen LogP contribution is -2.12. The summed E-state index contributed by atoms with van der Waals surface area (Å²) in [5.74, 6) is 1.18. The maximum atomic E-state index is 12.1. The normalized spacial score (nSPS) is 10.7. The van der Waals surface area contributed by atoms with E-state index in [1.165, 1.54) is 5.56 Å². The molecule has 128 valence electrons. The first-order valence-corrected chi connectivity index (χ1v) is 9.36. The van der Waals surface area contributed by atoms with Gasteiger partial charge in [0.1, 0.15) is 0 Å². The lowest BCUT2D eigenvalue weighted by Gasteiger charge is -2.07. The molecule has 1 heterocycles. The van der Waals surface area contributed by atoms with Crippen molar-refractivity contribution in [1.29, 1.82) is 0 Å². The largest absolute Gasteiger partial charge is 0.441 e. The summed E-state index contributed by atoms with van der Waals surface area (Å²) < 4.78 is 7.52. The average molecular weight is 464 g/mol. The van der Waals surface area contributed by atoms with Gasteiger partial charge in [-0.3, -0.25) is 4.79 Å². The maximum absolute atomic E-state index is 12.1. The van der Waals surface area contributed by atoms with Gasteiger partial charge in [-0.05, 0) is 41.1 Å². The minimum Gasteiger partial charge on any atom is -0.441 e. The zero-order chi connectivity index (χ0) is 17.8. The van der Waals surface area contributed by atoms with Crippen LogP contribution < -0.4 is 5.32 Å². The number of rotatable bonds is 5. The topological polar surface area (TPSA) is 55.1 Å². The van der Waals surface area contributed by atoms with E-state index < -0.39 is 0 Å². The molecule has 6 heteroatoms. The molecule has 25 heavy (non-hydrogen) atoms. The van der Waals surface area contributed by atoms with Gasteiger partial charge in [0.05, 0.1) is 11.9 Å². The number of hydrogen-bond donors (Lipinski definition) is 1. The molecule has 3 aromatic rings. The number of benzene rings is 2. The van der Waals surface area contributed by atoms with Crippen molar-refractivity contribution in [3.05, 3.63) is 69.1 Å². The first-order chi connectivity index (χ1) is 12.0. The minimum atomic E-state index is -0.0851. The molecule has 3 rings (SSSR count). The minimum absolute atomic E-state index is 0.0851. The highest BCUT2D eigenvalue weighted by Gasteiger charge is 2.10. The molecular formula is C19H16Br2N2O2. The molecule has 0 saturated heterocycles. The van der Waals surface area contributed by atoms with Crippen LogP contribution in [0.25, 0.3) is 11.3 Å². The van der Waals surface area contributed by atoms with E-state index in [4.69, 9.17) is 4.42 Å². The van der Waals surface area contributed by atoms with Crippen LogP contribution in [0.4, 0.5) is 5.69 Å². The second-order valence-electron chi connectivity index (χ2n) is 5.66. The van der Waals surface area contributed by atoms with Crippen LogP contribution in [-0.4, -0.2) is 10.9 Å². The molecule has 0 unspecified atom stereocenters. The second kappa shape index (κ2) is 7.97. The highest BCUT2D eigenvalue weighted by atomic mass is 79.9. The van der Waals surface area contributed by atoms with Crippen LogP contribution in [0.15, 0.2) is 62.0 Å². The average Bonchev–Trinajstić information content (AvgIpc) is 3.05. The zero-order valence-corrected chi connectivity index (χ0v) is 16.7. The number of carbonyl (C=O) groups excluding carboxylic acids is 1. The molecule has 1 amide bonds. The van der Waals surface area contributed by atoms with Crippen molar-refractivity contribution in [3.63, 3.8) is 0 Å². The van der Waals surface area contributed by atoms with E-state index >= 15 is 0 Å². The standard InChI is InChI=1S/C19H16Br2N2O2/c1-12-2-4-13(5-3-12)17-11-22-19(25-17)9-8-18(24)23-16-7-6-14(20)10-15(16)21/h2-7,10-11H,8-9H2,1H3,(H,23,24). The van der Waals surface area contributed by atoms with Crippen LogP contribution in [0.3, 0.4) is 0 Å². The summed E-state index contributed by atoms with van der Waals surface area (Å²) >= 11 is 6.82. The van der Waals surface area contributed by atoms with Crippen molar-refractivity contribution in [3.8, 4) is 11.3 Å². The van der Waals surface area contributed by atoms with Crippen molar-refractivity contribution >= 4 is 43.5 Å². The Morgan fingerprint density at radius 3 is 2.64 bits per heavy atom. The number of carbonyl (C=O) groups is 1. The summed E-state index contributed by atoms with van der Waals surface area (Å²) in [6.45, 7) is 2.04. The van der Waals surface area contributed by atoms with Crippen LogP contribution in [0.1, 0.15) is 17.9 Å². The van der Waals surface area contributed by atoms with Gasteiger partial charge in [-0.15, -0.1) is 0 Å². The zero-order valence-electron chi connectivity index (χ0n) is 13.6. The molecule has 0 saturated carbocycles. The number of nitrogens with zero attached hydrogens (tertiary/aromatic N) is 1. The molecule has 0 spiro atoms. The SMILES string of the molecule is Cc1ccc(-c2cnc(CCC(=O)Nc3ccc(Br)cc3Br)o2)cc1. The lowest BCUT2D eigenvalue weighted by atomic mass is 10.1. The number of anilines is 1. The van der Waals surface area contributed by atoms with Crippen molar-refractivity contribution in [2.45, 2.75) is 19.8 Å². The van der Waals surface area contributed by atoms with E-state index in [0.717, 1.165) is 20.2 Å². The number of halogens is 2. The Morgan fingerprint density at radius 1 is 1.16 bits per heavy atom. The highest BCUT2D eigenvalue weighted by molar-refractivity contribution is 9.11. The number of nitrogens with one attached hydrogen (secondary N) is 1. The number of aromatic nitrogens is 1. The third-order valence-electron chi connectivity index (χ3n) is 3.66. The molecule has 1 N–H and O–H groups in total. The van der Waals surface area contributed by atoms with E-state index in [1.807, 2.05) is 49.4 Å². The van der Waals surface area contributed by atoms with Gasteiger partial charge in [0.25, 0.3) is 0 Å². The van der Waals surface area contributed by atoms with Gasteiger partial charge in [-0.25, -0.2) is 4.98 Å². The van der Waals surface area contributed by atoms with Gasteiger partial charge in [-0.2, -0.15) is 0 Å². The molecule has 0 atom stereocenters. The van der Waals surface area contributed by atoms with Gasteiger partial charge in [-0.1, -0.05) is 45.8 Å².